The van der Waals surface area contributed by atoms with Gasteiger partial charge in [-0.2, -0.15) is 4.57 Å². The van der Waals surface area contributed by atoms with Crippen LogP contribution in [0.1, 0.15) is 6.42 Å². The largest absolute Gasteiger partial charge is 0.748 e. The molecule has 1 aromatic heterocycles. The van der Waals surface area contributed by atoms with Crippen LogP contribution in [0, 0.1) is 0 Å². The van der Waals surface area contributed by atoms with Crippen molar-refractivity contribution in [2.24, 2.45) is 0 Å². The minimum Gasteiger partial charge on any atom is -0.748 e. The van der Waals surface area contributed by atoms with Crippen molar-refractivity contribution in [2.75, 3.05) is 12.9 Å². The molecule has 19 heavy (non-hydrogen) atoms. The molecule has 0 saturated carbocycles. The van der Waals surface area contributed by atoms with Crippen LogP contribution in [0.15, 0.2) is 36.5 Å². The fraction of sp³-hybridized carbons (Fsp3) is 0.308. The molecule has 0 atom stereocenters. The molecule has 0 bridgehead atoms. The summed E-state index contributed by atoms with van der Waals surface area (Å²) >= 11 is 0. The van der Waals surface area contributed by atoms with Crippen molar-refractivity contribution in [3.63, 3.8) is 0 Å². The quantitative estimate of drug-likeness (QED) is 0.607. The highest BCUT2D eigenvalue weighted by Crippen LogP contribution is 2.17. The van der Waals surface area contributed by atoms with E-state index in [0.29, 0.717) is 13.0 Å². The van der Waals surface area contributed by atoms with Crippen LogP contribution in [0.3, 0.4) is 0 Å². The zero-order chi connectivity index (χ0) is 13.9. The highest BCUT2D eigenvalue weighted by atomic mass is 32.2. The number of hydrogen-bond acceptors (Lipinski definition) is 4. The zero-order valence-corrected chi connectivity index (χ0v) is 11.4. The number of aromatic nitrogens is 1. The van der Waals surface area contributed by atoms with Crippen LogP contribution in [0.2, 0.25) is 0 Å². The predicted octanol–water partition coefficient (Wildman–Crippen LogP) is 1.07. The van der Waals surface area contributed by atoms with Crippen molar-refractivity contribution < 1.29 is 22.3 Å². The lowest BCUT2D eigenvalue weighted by Crippen LogP contribution is -2.34. The van der Waals surface area contributed by atoms with E-state index in [1.165, 1.54) is 0 Å². The van der Waals surface area contributed by atoms with Crippen LogP contribution >= 0.6 is 0 Å². The van der Waals surface area contributed by atoms with Gasteiger partial charge < -0.3 is 9.29 Å². The average Bonchev–Trinajstić information content (AvgIpc) is 2.37. The first-order valence-corrected chi connectivity index (χ1v) is 7.47. The number of aryl methyl sites for hydroxylation is 1. The summed E-state index contributed by atoms with van der Waals surface area (Å²) < 4.78 is 38.9. The van der Waals surface area contributed by atoms with Gasteiger partial charge in [0.2, 0.25) is 5.52 Å². The maximum atomic E-state index is 10.6. The molecule has 0 N–H and O–H groups in total. The van der Waals surface area contributed by atoms with Crippen LogP contribution in [0.25, 0.3) is 10.9 Å². The third kappa shape index (κ3) is 3.65. The maximum Gasteiger partial charge on any atom is 0.212 e. The van der Waals surface area contributed by atoms with Crippen LogP contribution in [0.5, 0.6) is 5.75 Å². The molecule has 0 radical (unpaired) electrons. The Morgan fingerprint density at radius 3 is 2.79 bits per heavy atom. The molecule has 0 amide bonds. The normalized spacial score (nSPS) is 11.7. The molecule has 1 heterocycles. The van der Waals surface area contributed by atoms with Gasteiger partial charge in [0.1, 0.15) is 12.3 Å². The van der Waals surface area contributed by atoms with Crippen molar-refractivity contribution in [3.8, 4) is 5.75 Å². The molecule has 102 valence electrons. The number of fused-ring (bicyclic) bond motifs is 1. The fourth-order valence-electron chi connectivity index (χ4n) is 1.99. The first-order valence-electron chi connectivity index (χ1n) is 5.89. The minimum absolute atomic E-state index is 0.307. The van der Waals surface area contributed by atoms with E-state index >= 15 is 0 Å². The summed E-state index contributed by atoms with van der Waals surface area (Å²) in [5, 5.41) is 1.01. The van der Waals surface area contributed by atoms with E-state index in [1.54, 1.807) is 7.11 Å². The highest BCUT2D eigenvalue weighted by Gasteiger charge is 2.09. The first-order chi connectivity index (χ1) is 8.99. The Morgan fingerprint density at radius 1 is 1.32 bits per heavy atom. The predicted molar refractivity (Wildman–Crippen MR) is 69.9 cm³/mol. The van der Waals surface area contributed by atoms with Gasteiger partial charge >= 0.3 is 0 Å². The lowest BCUT2D eigenvalue weighted by Gasteiger charge is -2.06. The molecule has 2 rings (SSSR count). The molecule has 0 saturated heterocycles. The number of pyridine rings is 1. The summed E-state index contributed by atoms with van der Waals surface area (Å²) in [4.78, 5) is 0. The first kappa shape index (κ1) is 13.8. The van der Waals surface area contributed by atoms with Gasteiger partial charge in [0.15, 0.2) is 6.20 Å². The van der Waals surface area contributed by atoms with Gasteiger partial charge in [-0.05, 0) is 18.2 Å². The average molecular weight is 281 g/mol. The fourth-order valence-corrected chi connectivity index (χ4v) is 2.47. The number of ether oxygens (including phenoxy) is 1. The van der Waals surface area contributed by atoms with E-state index in [9.17, 15) is 13.0 Å². The third-order valence-electron chi connectivity index (χ3n) is 2.88. The standard InChI is InChI=1S/C13H15NO4S/c1-18-12-5-6-13-11(10-12)4-2-7-14(13)8-3-9-19(15,16)17/h2,4-7,10H,3,8-9H2,1H3. The molecule has 0 fully saturated rings. The van der Waals surface area contributed by atoms with Crippen molar-refractivity contribution in [1.29, 1.82) is 0 Å². The molecule has 0 unspecified atom stereocenters. The van der Waals surface area contributed by atoms with Crippen molar-refractivity contribution in [1.82, 2.24) is 0 Å². The Kier molecular flexibility index (Phi) is 4.01. The summed E-state index contributed by atoms with van der Waals surface area (Å²) in [7, 11) is -2.53. The lowest BCUT2D eigenvalue weighted by molar-refractivity contribution is -0.671. The van der Waals surface area contributed by atoms with Crippen molar-refractivity contribution in [2.45, 2.75) is 13.0 Å². The minimum atomic E-state index is -4.14. The smallest absolute Gasteiger partial charge is 0.212 e. The molecular formula is C13H15NO4S. The van der Waals surface area contributed by atoms with E-state index in [-0.39, 0.29) is 5.75 Å². The van der Waals surface area contributed by atoms with E-state index in [0.717, 1.165) is 16.7 Å². The Labute approximate surface area is 112 Å². The third-order valence-corrected chi connectivity index (χ3v) is 3.67. The van der Waals surface area contributed by atoms with E-state index in [4.69, 9.17) is 4.74 Å². The number of benzene rings is 1. The topological polar surface area (TPSA) is 70.3 Å². The van der Waals surface area contributed by atoms with Gasteiger partial charge in [0.25, 0.3) is 0 Å². The van der Waals surface area contributed by atoms with E-state index in [1.807, 2.05) is 41.1 Å². The molecule has 5 nitrogen and oxygen atoms in total. The Balaban J connectivity index is 2.24. The Bertz CT molecular complexity index is 682. The maximum absolute atomic E-state index is 10.6. The molecule has 6 heteroatoms. The van der Waals surface area contributed by atoms with Gasteiger partial charge in [-0.1, -0.05) is 0 Å². The molecule has 1 aromatic carbocycles. The molecule has 0 spiro atoms. The molecule has 0 aliphatic heterocycles. The van der Waals surface area contributed by atoms with Crippen molar-refractivity contribution >= 4 is 21.0 Å². The molecule has 0 aliphatic carbocycles. The lowest BCUT2D eigenvalue weighted by atomic mass is 10.2. The van der Waals surface area contributed by atoms with Crippen LogP contribution < -0.4 is 9.30 Å². The highest BCUT2D eigenvalue weighted by molar-refractivity contribution is 7.85. The molecule has 0 aliphatic rings. The second-order valence-corrected chi connectivity index (χ2v) is 5.77. The van der Waals surface area contributed by atoms with Crippen LogP contribution in [-0.2, 0) is 16.7 Å². The number of hydrogen-bond donors (Lipinski definition) is 0. The van der Waals surface area contributed by atoms with E-state index < -0.39 is 10.1 Å². The Morgan fingerprint density at radius 2 is 2.11 bits per heavy atom. The van der Waals surface area contributed by atoms with Gasteiger partial charge in [0, 0.05) is 24.3 Å². The van der Waals surface area contributed by atoms with Crippen LogP contribution in [0.4, 0.5) is 0 Å². The summed E-state index contributed by atoms with van der Waals surface area (Å²) in [5.74, 6) is 0.430. The van der Waals surface area contributed by atoms with Crippen LogP contribution in [-0.4, -0.2) is 25.8 Å². The number of rotatable bonds is 5. The number of nitrogens with zero attached hydrogens (tertiary/aromatic N) is 1. The van der Waals surface area contributed by atoms with Crippen molar-refractivity contribution in [3.05, 3.63) is 36.5 Å². The second-order valence-electron chi connectivity index (χ2n) is 4.24. The summed E-state index contributed by atoms with van der Waals surface area (Å²) in [5.41, 5.74) is 0.978. The summed E-state index contributed by atoms with van der Waals surface area (Å²) in [6, 6.07) is 9.52. The van der Waals surface area contributed by atoms with Gasteiger partial charge in [-0.15, -0.1) is 0 Å². The SMILES string of the molecule is COc1ccc2c(ccc[n+]2CCCS(=O)(=O)[O-])c1. The summed E-state index contributed by atoms with van der Waals surface area (Å²) in [6.07, 6.45) is 2.17. The second kappa shape index (κ2) is 5.54. The Hall–Kier alpha value is -1.66. The van der Waals surface area contributed by atoms with E-state index in [2.05, 4.69) is 0 Å². The summed E-state index contributed by atoms with van der Waals surface area (Å²) in [6.45, 7) is 0.491. The zero-order valence-electron chi connectivity index (χ0n) is 10.6. The molecular weight excluding hydrogens is 266 g/mol. The molecule has 2 aromatic rings. The van der Waals surface area contributed by atoms with Gasteiger partial charge in [0.05, 0.1) is 22.6 Å². The monoisotopic (exact) mass is 281 g/mol. The number of methoxy groups -OCH3 is 1. The van der Waals surface area contributed by atoms with Gasteiger partial charge in [-0.25, -0.2) is 8.42 Å². The van der Waals surface area contributed by atoms with Gasteiger partial charge in [-0.3, -0.25) is 0 Å².